The molecule has 6 rings (SSSR count). The van der Waals surface area contributed by atoms with Gasteiger partial charge in [0, 0.05) is 30.0 Å². The number of carbonyl (C=O) groups excluding carboxylic acids is 1. The Morgan fingerprint density at radius 1 is 0.846 bits per heavy atom. The maximum absolute atomic E-state index is 13.4. The number of rotatable bonds is 16. The Bertz CT molecular complexity index is 1610. The van der Waals surface area contributed by atoms with Gasteiger partial charge in [-0.15, -0.1) is 0 Å². The molecule has 10 nitrogen and oxygen atoms in total. The maximum Gasteiger partial charge on any atom is 0.343 e. The van der Waals surface area contributed by atoms with Gasteiger partial charge in [0.15, 0.2) is 5.60 Å². The fraction of sp³-hybridized carbons (Fsp3) is 0.619. The zero-order chi connectivity index (χ0) is 36.3. The molecule has 3 fully saturated rings. The summed E-state index contributed by atoms with van der Waals surface area (Å²) in [7, 11) is 0. The molecule has 2 aliphatic heterocycles. The Labute approximate surface area is 308 Å². The van der Waals surface area contributed by atoms with Gasteiger partial charge in [-0.1, -0.05) is 68.5 Å². The highest BCUT2D eigenvalue weighted by Gasteiger charge is 2.47. The van der Waals surface area contributed by atoms with Gasteiger partial charge in [0.25, 0.3) is 0 Å². The number of phenolic OH excluding ortho intramolecular Hbond substituents is 1. The van der Waals surface area contributed by atoms with Gasteiger partial charge in [0.1, 0.15) is 5.75 Å². The number of unbranched alkanes of at least 4 members (excludes halogenated alkanes) is 3. The predicted octanol–water partition coefficient (Wildman–Crippen LogP) is 5.60. The van der Waals surface area contributed by atoms with Gasteiger partial charge >= 0.3 is 5.97 Å². The number of aliphatic hydroxyl groups excluding tert-OH is 1. The van der Waals surface area contributed by atoms with Gasteiger partial charge in [0.05, 0.1) is 18.2 Å². The summed E-state index contributed by atoms with van der Waals surface area (Å²) in [5.41, 5.74) is -0.124. The number of hydrogen-bond acceptors (Lipinski definition) is 9. The molecule has 284 valence electrons. The normalized spacial score (nSPS) is 20.5. The van der Waals surface area contributed by atoms with Crippen LogP contribution in [-0.2, 0) is 15.1 Å². The molecule has 52 heavy (non-hydrogen) atoms. The number of nitrogens with zero attached hydrogens (tertiary/aromatic N) is 2. The standard InChI is InChI=1S/C42H60N4O6/c47-37-17-15-35(36-16-18-39(49)44-40(36)37)38(48)29-43-34-21-27-46(28-22-34)24-10-2-1-9-23-45-25-19-31(20-26-45)30-52-41(50)42(51,32-11-5-3-6-12-32)33-13-7-4-8-14-33/h3,5-6,11-12,15-18,31,33-34,38,43,47-48,51H,1-2,4,7-10,13-14,19-30H2,(H,44,49)/t38-,42?/m1/s1. The number of aromatic nitrogens is 1. The third-order valence-corrected chi connectivity index (χ3v) is 12.0. The fourth-order valence-corrected chi connectivity index (χ4v) is 8.74. The average molecular weight is 717 g/mol. The van der Waals surface area contributed by atoms with Gasteiger partial charge in [-0.2, -0.15) is 0 Å². The fourth-order valence-electron chi connectivity index (χ4n) is 8.74. The summed E-state index contributed by atoms with van der Waals surface area (Å²) in [6, 6.07) is 16.1. The van der Waals surface area contributed by atoms with Crippen LogP contribution in [0.1, 0.15) is 101 Å². The second-order valence-electron chi connectivity index (χ2n) is 15.6. The van der Waals surface area contributed by atoms with Crippen LogP contribution in [0.25, 0.3) is 10.9 Å². The zero-order valence-corrected chi connectivity index (χ0v) is 30.8. The minimum atomic E-state index is -1.56. The predicted molar refractivity (Wildman–Crippen MR) is 204 cm³/mol. The second kappa shape index (κ2) is 18.7. The third kappa shape index (κ3) is 9.82. The van der Waals surface area contributed by atoms with Crippen LogP contribution < -0.4 is 10.9 Å². The number of aromatic hydroxyl groups is 1. The van der Waals surface area contributed by atoms with E-state index in [0.29, 0.717) is 47.1 Å². The van der Waals surface area contributed by atoms with E-state index in [-0.39, 0.29) is 17.2 Å². The summed E-state index contributed by atoms with van der Waals surface area (Å²) in [4.78, 5) is 32.9. The van der Waals surface area contributed by atoms with Gasteiger partial charge in [-0.25, -0.2) is 4.79 Å². The zero-order valence-electron chi connectivity index (χ0n) is 30.8. The van der Waals surface area contributed by atoms with E-state index in [1.807, 2.05) is 30.3 Å². The largest absolute Gasteiger partial charge is 0.506 e. The molecule has 0 amide bonds. The molecule has 10 heteroatoms. The van der Waals surface area contributed by atoms with Crippen molar-refractivity contribution in [1.29, 1.82) is 0 Å². The highest BCUT2D eigenvalue weighted by atomic mass is 16.5. The first-order valence-electron chi connectivity index (χ1n) is 20.0. The van der Waals surface area contributed by atoms with Crippen LogP contribution >= 0.6 is 0 Å². The maximum atomic E-state index is 13.4. The summed E-state index contributed by atoms with van der Waals surface area (Å²) in [6.07, 6.45) is 13.3. The molecule has 2 saturated heterocycles. The Hall–Kier alpha value is -3.28. The van der Waals surface area contributed by atoms with E-state index in [4.69, 9.17) is 4.74 Å². The lowest BCUT2D eigenvalue weighted by molar-refractivity contribution is -0.177. The number of aromatic amines is 1. The molecule has 2 aromatic carbocycles. The molecule has 5 N–H and O–H groups in total. The number of phenols is 1. The number of likely N-dealkylation sites (tertiary alicyclic amines) is 2. The smallest absolute Gasteiger partial charge is 0.343 e. The Balaban J connectivity index is 0.811. The van der Waals surface area contributed by atoms with E-state index in [1.54, 1.807) is 12.1 Å². The number of fused-ring (bicyclic) bond motifs is 1. The number of benzene rings is 2. The lowest BCUT2D eigenvalue weighted by Gasteiger charge is -2.37. The van der Waals surface area contributed by atoms with Crippen molar-refractivity contribution < 1.29 is 24.9 Å². The van der Waals surface area contributed by atoms with Crippen LogP contribution in [0.3, 0.4) is 0 Å². The first-order valence-corrected chi connectivity index (χ1v) is 20.0. The third-order valence-electron chi connectivity index (χ3n) is 12.0. The number of esters is 1. The molecule has 1 unspecified atom stereocenters. The molecule has 1 saturated carbocycles. The Kier molecular flexibility index (Phi) is 13.8. The molecule has 3 heterocycles. The Morgan fingerprint density at radius 2 is 1.50 bits per heavy atom. The summed E-state index contributed by atoms with van der Waals surface area (Å²) >= 11 is 0. The first-order chi connectivity index (χ1) is 25.3. The lowest BCUT2D eigenvalue weighted by atomic mass is 9.73. The van der Waals surface area contributed by atoms with E-state index in [2.05, 4.69) is 20.1 Å². The van der Waals surface area contributed by atoms with E-state index >= 15 is 0 Å². The Morgan fingerprint density at radius 3 is 2.17 bits per heavy atom. The van der Waals surface area contributed by atoms with Crippen molar-refractivity contribution in [3.05, 3.63) is 76.1 Å². The minimum absolute atomic E-state index is 0.00182. The van der Waals surface area contributed by atoms with E-state index in [9.17, 15) is 24.9 Å². The van der Waals surface area contributed by atoms with Gasteiger partial charge in [0.2, 0.25) is 5.56 Å². The molecular weight excluding hydrogens is 656 g/mol. The van der Waals surface area contributed by atoms with Gasteiger partial charge < -0.3 is 40.2 Å². The van der Waals surface area contributed by atoms with Crippen LogP contribution in [0, 0.1) is 11.8 Å². The summed E-state index contributed by atoms with van der Waals surface area (Å²) < 4.78 is 5.89. The summed E-state index contributed by atoms with van der Waals surface area (Å²) in [5.74, 6) is -0.201. The van der Waals surface area contributed by atoms with Crippen molar-refractivity contribution in [2.24, 2.45) is 11.8 Å². The van der Waals surface area contributed by atoms with Gasteiger partial charge in [-0.05, 0) is 120 Å². The molecule has 2 atom stereocenters. The van der Waals surface area contributed by atoms with Crippen molar-refractivity contribution in [1.82, 2.24) is 20.1 Å². The molecule has 3 aliphatic rings. The van der Waals surface area contributed by atoms with E-state index in [1.165, 1.54) is 37.8 Å². The summed E-state index contributed by atoms with van der Waals surface area (Å²) in [6.45, 7) is 7.29. The van der Waals surface area contributed by atoms with Crippen LogP contribution in [0.5, 0.6) is 5.75 Å². The van der Waals surface area contributed by atoms with Gasteiger partial charge in [-0.3, -0.25) is 4.79 Å². The number of carbonyl (C=O) groups is 1. The minimum Gasteiger partial charge on any atom is -0.506 e. The van der Waals surface area contributed by atoms with Crippen LogP contribution in [0.4, 0.5) is 0 Å². The lowest BCUT2D eigenvalue weighted by Crippen LogP contribution is -2.46. The first kappa shape index (κ1) is 38.4. The number of nitrogens with one attached hydrogen (secondary N) is 2. The monoisotopic (exact) mass is 716 g/mol. The van der Waals surface area contributed by atoms with Crippen molar-refractivity contribution in [3.8, 4) is 5.75 Å². The number of aliphatic hydroxyl groups is 2. The van der Waals surface area contributed by atoms with E-state index < -0.39 is 17.7 Å². The highest BCUT2D eigenvalue weighted by molar-refractivity contribution is 5.87. The van der Waals surface area contributed by atoms with Crippen LogP contribution in [-0.4, -0.2) is 94.5 Å². The van der Waals surface area contributed by atoms with Crippen LogP contribution in [0.2, 0.25) is 0 Å². The van der Waals surface area contributed by atoms with Crippen molar-refractivity contribution in [2.75, 3.05) is 52.4 Å². The van der Waals surface area contributed by atoms with Crippen molar-refractivity contribution >= 4 is 16.9 Å². The number of ether oxygens (including phenoxy) is 1. The van der Waals surface area contributed by atoms with Crippen molar-refractivity contribution in [3.63, 3.8) is 0 Å². The molecule has 0 spiro atoms. The molecule has 1 aromatic heterocycles. The topological polar surface area (TPSA) is 138 Å². The highest BCUT2D eigenvalue weighted by Crippen LogP contribution is 2.40. The quantitative estimate of drug-likeness (QED) is 0.0947. The molecular formula is C42H60N4O6. The molecule has 1 aliphatic carbocycles. The number of H-pyrrole nitrogens is 1. The SMILES string of the molecule is O=C(OCC1CCN(CCCCCCN2CCC(NC[C@@H](O)c3ccc(O)c4[nH]c(=O)ccc34)CC2)CC1)C(O)(c1ccccc1)C1CCCCC1. The van der Waals surface area contributed by atoms with Crippen molar-refractivity contribution in [2.45, 2.75) is 101 Å². The summed E-state index contributed by atoms with van der Waals surface area (Å²) in [5, 5.41) is 37.0. The average Bonchev–Trinajstić information content (AvgIpc) is 3.19. The van der Waals surface area contributed by atoms with E-state index in [0.717, 1.165) is 97.1 Å². The second-order valence-corrected chi connectivity index (χ2v) is 15.6. The molecule has 0 radical (unpaired) electrons. The number of piperidine rings is 2. The number of hydrogen-bond donors (Lipinski definition) is 5. The van der Waals surface area contributed by atoms with Crippen LogP contribution in [0.15, 0.2) is 59.4 Å². The molecule has 3 aromatic rings. The number of pyridine rings is 1. The molecule has 0 bridgehead atoms.